The summed E-state index contributed by atoms with van der Waals surface area (Å²) in [5.74, 6) is -2.28. The third-order valence-corrected chi connectivity index (χ3v) is 5.85. The van der Waals surface area contributed by atoms with E-state index in [2.05, 4.69) is 0 Å². The Morgan fingerprint density at radius 1 is 0.933 bits per heavy atom. The molecule has 0 fully saturated rings. The molecule has 30 heavy (non-hydrogen) atoms. The van der Waals surface area contributed by atoms with E-state index in [4.69, 9.17) is 9.47 Å². The highest BCUT2D eigenvalue weighted by Crippen LogP contribution is 2.27. The van der Waals surface area contributed by atoms with Crippen LogP contribution in [0.2, 0.25) is 0 Å². The van der Waals surface area contributed by atoms with Gasteiger partial charge < -0.3 is 9.47 Å². The number of hydrogen-bond acceptors (Lipinski definition) is 5. The number of carbonyl (C=O) groups is 1. The summed E-state index contributed by atoms with van der Waals surface area (Å²) in [6.45, 7) is -0.828. The van der Waals surface area contributed by atoms with Gasteiger partial charge in [0.15, 0.2) is 0 Å². The van der Waals surface area contributed by atoms with Crippen LogP contribution in [-0.4, -0.2) is 28.0 Å². The minimum Gasteiger partial charge on any atom is -0.497 e. The van der Waals surface area contributed by atoms with Crippen molar-refractivity contribution in [3.05, 3.63) is 84.4 Å². The summed E-state index contributed by atoms with van der Waals surface area (Å²) in [4.78, 5) is 12.3. The van der Waals surface area contributed by atoms with Gasteiger partial charge in [-0.25, -0.2) is 22.0 Å². The van der Waals surface area contributed by atoms with Crippen LogP contribution < -0.4 is 13.8 Å². The van der Waals surface area contributed by atoms with E-state index in [0.717, 1.165) is 12.1 Å². The van der Waals surface area contributed by atoms with Crippen molar-refractivity contribution in [3.63, 3.8) is 0 Å². The molecule has 0 aliphatic rings. The molecule has 0 aliphatic heterocycles. The molecule has 0 heterocycles. The first-order valence-electron chi connectivity index (χ1n) is 8.69. The first kappa shape index (κ1) is 21.3. The van der Waals surface area contributed by atoms with E-state index in [0.29, 0.717) is 16.1 Å². The molecule has 0 N–H and O–H groups in total. The first-order valence-corrected chi connectivity index (χ1v) is 10.1. The number of methoxy groups -OCH3 is 1. The second-order valence-electron chi connectivity index (χ2n) is 6.07. The Morgan fingerprint density at radius 3 is 2.17 bits per heavy atom. The van der Waals surface area contributed by atoms with Crippen LogP contribution in [0.4, 0.5) is 14.5 Å². The van der Waals surface area contributed by atoms with Gasteiger partial charge in [-0.15, -0.1) is 0 Å². The Balaban J connectivity index is 1.94. The molecule has 6 nitrogen and oxygen atoms in total. The van der Waals surface area contributed by atoms with E-state index >= 15 is 0 Å². The predicted molar refractivity (Wildman–Crippen MR) is 106 cm³/mol. The number of esters is 1. The lowest BCUT2D eigenvalue weighted by Crippen LogP contribution is -2.38. The summed E-state index contributed by atoms with van der Waals surface area (Å²) in [5.41, 5.74) is -0.480. The van der Waals surface area contributed by atoms with E-state index in [9.17, 15) is 22.0 Å². The number of rotatable bonds is 7. The molecule has 0 amide bonds. The number of benzene rings is 3. The number of halogens is 2. The van der Waals surface area contributed by atoms with E-state index in [-0.39, 0.29) is 10.6 Å². The lowest BCUT2D eigenvalue weighted by molar-refractivity contribution is -0.132. The van der Waals surface area contributed by atoms with Crippen molar-refractivity contribution >= 4 is 21.7 Å². The van der Waals surface area contributed by atoms with E-state index < -0.39 is 39.9 Å². The van der Waals surface area contributed by atoms with Gasteiger partial charge in [-0.05, 0) is 48.5 Å². The predicted octanol–water partition coefficient (Wildman–Crippen LogP) is 3.77. The van der Waals surface area contributed by atoms with Crippen LogP contribution >= 0.6 is 0 Å². The number of hydrogen-bond donors (Lipinski definition) is 0. The smallest absolute Gasteiger partial charge is 0.332 e. The number of ether oxygens (including phenoxy) is 2. The van der Waals surface area contributed by atoms with Crippen LogP contribution in [0, 0.1) is 11.6 Å². The topological polar surface area (TPSA) is 72.9 Å². The van der Waals surface area contributed by atoms with Gasteiger partial charge in [0.1, 0.15) is 29.7 Å². The highest BCUT2D eigenvalue weighted by Gasteiger charge is 2.30. The Kier molecular flexibility index (Phi) is 6.31. The Morgan fingerprint density at radius 2 is 1.57 bits per heavy atom. The van der Waals surface area contributed by atoms with Gasteiger partial charge in [-0.3, -0.25) is 4.31 Å². The summed E-state index contributed by atoms with van der Waals surface area (Å²) in [5, 5.41) is 0. The maximum atomic E-state index is 14.4. The molecule has 0 bridgehead atoms. The van der Waals surface area contributed by atoms with Crippen molar-refractivity contribution in [1.29, 1.82) is 0 Å². The van der Waals surface area contributed by atoms with Gasteiger partial charge in [0.25, 0.3) is 10.0 Å². The largest absolute Gasteiger partial charge is 0.497 e. The summed E-state index contributed by atoms with van der Waals surface area (Å²) >= 11 is 0. The van der Waals surface area contributed by atoms with Gasteiger partial charge in [0.2, 0.25) is 0 Å². The van der Waals surface area contributed by atoms with Crippen LogP contribution in [0.25, 0.3) is 0 Å². The van der Waals surface area contributed by atoms with Gasteiger partial charge >= 0.3 is 5.97 Å². The van der Waals surface area contributed by atoms with Gasteiger partial charge in [0.05, 0.1) is 17.7 Å². The molecule has 3 aromatic carbocycles. The van der Waals surface area contributed by atoms with Crippen LogP contribution in [0.3, 0.4) is 0 Å². The van der Waals surface area contributed by atoms with Crippen LogP contribution in [0.1, 0.15) is 0 Å². The van der Waals surface area contributed by atoms with Crippen LogP contribution in [0.15, 0.2) is 77.7 Å². The molecule has 0 spiro atoms. The van der Waals surface area contributed by atoms with Crippen LogP contribution in [-0.2, 0) is 14.8 Å². The normalized spacial score (nSPS) is 11.0. The Bertz CT molecular complexity index is 1140. The highest BCUT2D eigenvalue weighted by molar-refractivity contribution is 7.92. The van der Waals surface area contributed by atoms with E-state index in [1.807, 2.05) is 0 Å². The minimum absolute atomic E-state index is 0.150. The molecule has 0 atom stereocenters. The lowest BCUT2D eigenvalue weighted by Gasteiger charge is -2.24. The van der Waals surface area contributed by atoms with Crippen molar-refractivity contribution < 1.29 is 31.5 Å². The third kappa shape index (κ3) is 4.74. The zero-order valence-corrected chi connectivity index (χ0v) is 16.6. The maximum Gasteiger partial charge on any atom is 0.332 e. The van der Waals surface area contributed by atoms with Crippen LogP contribution in [0.5, 0.6) is 11.5 Å². The monoisotopic (exact) mass is 433 g/mol. The van der Waals surface area contributed by atoms with Crippen molar-refractivity contribution in [1.82, 2.24) is 0 Å². The molecule has 0 aromatic heterocycles. The zero-order valence-electron chi connectivity index (χ0n) is 15.8. The molecule has 0 radical (unpaired) electrons. The number of sulfonamides is 1. The molecule has 3 rings (SSSR count). The fourth-order valence-electron chi connectivity index (χ4n) is 2.63. The quantitative estimate of drug-likeness (QED) is 0.419. The molecule has 0 unspecified atom stereocenters. The molecule has 0 aliphatic carbocycles. The summed E-state index contributed by atoms with van der Waals surface area (Å²) in [6.07, 6.45) is 0. The molecule has 0 saturated heterocycles. The summed E-state index contributed by atoms with van der Waals surface area (Å²) in [6, 6.07) is 15.6. The maximum absolute atomic E-state index is 14.4. The van der Waals surface area contributed by atoms with Crippen molar-refractivity contribution in [2.45, 2.75) is 4.90 Å². The molecule has 9 heteroatoms. The summed E-state index contributed by atoms with van der Waals surface area (Å²) in [7, 11) is -2.86. The van der Waals surface area contributed by atoms with E-state index in [1.165, 1.54) is 43.5 Å². The van der Waals surface area contributed by atoms with Crippen molar-refractivity contribution in [3.8, 4) is 11.5 Å². The molecular weight excluding hydrogens is 416 g/mol. The minimum atomic E-state index is -4.34. The standard InChI is InChI=1S/C21H17F2NO5S/c1-28-16-8-10-17(11-9-16)29-21(25)14-24(20-12-7-15(22)13-19(20)23)30(26,27)18-5-3-2-4-6-18/h2-13H,14H2,1H3. The second-order valence-corrected chi connectivity index (χ2v) is 7.93. The van der Waals surface area contributed by atoms with Crippen molar-refractivity contribution in [2.75, 3.05) is 18.0 Å². The van der Waals surface area contributed by atoms with Gasteiger partial charge in [0, 0.05) is 6.07 Å². The Hall–Kier alpha value is -3.46. The van der Waals surface area contributed by atoms with E-state index in [1.54, 1.807) is 18.2 Å². The second kappa shape index (κ2) is 8.91. The Labute approximate surface area is 172 Å². The first-order chi connectivity index (χ1) is 14.3. The fraction of sp³-hybridized carbons (Fsp3) is 0.0952. The average Bonchev–Trinajstić information content (AvgIpc) is 2.73. The van der Waals surface area contributed by atoms with Gasteiger partial charge in [-0.1, -0.05) is 18.2 Å². The SMILES string of the molecule is COc1ccc(OC(=O)CN(c2ccc(F)cc2F)S(=O)(=O)c2ccccc2)cc1. The molecule has 3 aromatic rings. The summed E-state index contributed by atoms with van der Waals surface area (Å²) < 4.78 is 64.6. The van der Waals surface area contributed by atoms with Crippen molar-refractivity contribution in [2.24, 2.45) is 0 Å². The highest BCUT2D eigenvalue weighted by atomic mass is 32.2. The number of anilines is 1. The average molecular weight is 433 g/mol. The third-order valence-electron chi connectivity index (χ3n) is 4.07. The number of nitrogens with zero attached hydrogens (tertiary/aromatic N) is 1. The molecular formula is C21H17F2NO5S. The zero-order chi connectivity index (χ0) is 21.7. The number of carbonyl (C=O) groups excluding carboxylic acids is 1. The molecule has 156 valence electrons. The fourth-order valence-corrected chi connectivity index (χ4v) is 4.07. The van der Waals surface area contributed by atoms with Gasteiger partial charge in [-0.2, -0.15) is 0 Å². The lowest BCUT2D eigenvalue weighted by atomic mass is 10.3. The molecule has 0 saturated carbocycles.